The molecule has 0 aliphatic rings. The van der Waals surface area contributed by atoms with Crippen LogP contribution in [0.5, 0.6) is 0 Å². The molecule has 0 aromatic rings. The Morgan fingerprint density at radius 1 is 0.388 bits per heavy atom. The van der Waals surface area contributed by atoms with Crippen LogP contribution >= 0.6 is 0 Å². The van der Waals surface area contributed by atoms with Crippen LogP contribution in [0.4, 0.5) is 0 Å². The molecule has 0 spiro atoms. The molecule has 0 heterocycles. The molecule has 0 radical (unpaired) electrons. The highest BCUT2D eigenvalue weighted by molar-refractivity contribution is 4.77. The Hall–Kier alpha value is -0.120. The summed E-state index contributed by atoms with van der Waals surface area (Å²) in [4.78, 5) is 0. The van der Waals surface area contributed by atoms with E-state index in [-0.39, 0.29) is 16.8 Å². The van der Waals surface area contributed by atoms with E-state index in [9.17, 15) is 0 Å². The molecule has 0 aliphatic heterocycles. The Labute approximate surface area is 317 Å². The molecule has 3 nitrogen and oxygen atoms in total. The topological polar surface area (TPSA) is 27.7 Å². The van der Waals surface area contributed by atoms with Gasteiger partial charge in [-0.1, -0.05) is 157 Å². The molecule has 0 aromatic carbocycles. The van der Waals surface area contributed by atoms with Gasteiger partial charge in [0.1, 0.15) is 0 Å². The molecule has 0 bridgehead atoms. The maximum Gasteiger partial charge on any atom is 0.0598 e. The third-order valence-electron chi connectivity index (χ3n) is 6.77. The standard InChI is InChI=1S/C9H20.C8H18.C7H16O.C6H14O.C6H14.C5H12O.C5H12/c1-5-6-7-8-9(2,3)4;1-7(2,3)8(4,5)6;1-5-6-8-7(2,3)4;1-5-7-6(2,3)4;1-5-6(2,3)4;1-5(2,3)6-4;1-5(2,3)4/h5-8H2,1-4H3;1-6H3;5-6H2,1-4H3;5H2,1-4H3;5H2,1-4H3;1-4H3;1-4H3. The van der Waals surface area contributed by atoms with Gasteiger partial charge in [0.15, 0.2) is 0 Å². The van der Waals surface area contributed by atoms with Crippen molar-refractivity contribution in [1.29, 1.82) is 0 Å². The Morgan fingerprint density at radius 3 is 0.755 bits per heavy atom. The van der Waals surface area contributed by atoms with Gasteiger partial charge in [-0.05, 0) is 109 Å². The zero-order valence-electron chi connectivity index (χ0n) is 40.9. The van der Waals surface area contributed by atoms with Gasteiger partial charge in [0.05, 0.1) is 16.8 Å². The summed E-state index contributed by atoms with van der Waals surface area (Å²) in [7, 11) is 1.71. The highest BCUT2D eigenvalue weighted by Crippen LogP contribution is 2.36. The van der Waals surface area contributed by atoms with Crippen molar-refractivity contribution in [3.63, 3.8) is 0 Å². The van der Waals surface area contributed by atoms with Crippen molar-refractivity contribution in [3.05, 3.63) is 0 Å². The lowest BCUT2D eigenvalue weighted by Gasteiger charge is -2.34. The van der Waals surface area contributed by atoms with Crippen LogP contribution in [0.1, 0.15) is 239 Å². The lowest BCUT2D eigenvalue weighted by molar-refractivity contribution is -0.00238. The minimum Gasteiger partial charge on any atom is -0.379 e. The predicted molar refractivity (Wildman–Crippen MR) is 232 cm³/mol. The van der Waals surface area contributed by atoms with E-state index in [0.717, 1.165) is 19.6 Å². The van der Waals surface area contributed by atoms with Gasteiger partial charge in [-0.25, -0.2) is 0 Å². The average Bonchev–Trinajstić information content (AvgIpc) is 2.80. The number of rotatable bonds is 6. The maximum atomic E-state index is 5.38. The fourth-order valence-corrected chi connectivity index (χ4v) is 1.75. The second-order valence-corrected chi connectivity index (χ2v) is 22.3. The van der Waals surface area contributed by atoms with Crippen molar-refractivity contribution in [2.24, 2.45) is 27.1 Å². The third kappa shape index (κ3) is 113. The minimum absolute atomic E-state index is 0.0417. The molecule has 0 aliphatic carbocycles. The van der Waals surface area contributed by atoms with Gasteiger partial charge < -0.3 is 14.2 Å². The van der Waals surface area contributed by atoms with Crippen LogP contribution in [0.15, 0.2) is 0 Å². The summed E-state index contributed by atoms with van der Waals surface area (Å²) in [6.45, 7) is 64.7. The average molecular weight is 707 g/mol. The van der Waals surface area contributed by atoms with E-state index in [1.54, 1.807) is 7.11 Å². The van der Waals surface area contributed by atoms with Crippen LogP contribution in [0, 0.1) is 27.1 Å². The molecule has 0 saturated carbocycles. The monoisotopic (exact) mass is 707 g/mol. The van der Waals surface area contributed by atoms with Crippen molar-refractivity contribution in [2.75, 3.05) is 20.3 Å². The Morgan fingerprint density at radius 2 is 0.673 bits per heavy atom. The SMILES string of the molecule is CC(C)(C)C.CC(C)(C)C(C)(C)C.CCC(C)(C)C.CCCCCC(C)(C)C.CCCOC(C)(C)C.CCOC(C)(C)C.COC(C)(C)C. The molecule has 49 heavy (non-hydrogen) atoms. The zero-order chi connectivity index (χ0) is 41.8. The van der Waals surface area contributed by atoms with E-state index in [1.165, 1.54) is 32.1 Å². The first kappa shape index (κ1) is 63.9. The normalized spacial score (nSPS) is 12.4. The molecule has 0 rings (SSSR count). The lowest BCUT2D eigenvalue weighted by Crippen LogP contribution is -2.25. The summed E-state index contributed by atoms with van der Waals surface area (Å²) >= 11 is 0. The van der Waals surface area contributed by atoms with Gasteiger partial charge >= 0.3 is 0 Å². The summed E-state index contributed by atoms with van der Waals surface area (Å²) in [6, 6.07) is 0. The van der Waals surface area contributed by atoms with Crippen LogP contribution in [0.3, 0.4) is 0 Å². The van der Waals surface area contributed by atoms with Crippen LogP contribution in [-0.2, 0) is 14.2 Å². The molecule has 0 N–H and O–H groups in total. The lowest BCUT2D eigenvalue weighted by atomic mass is 9.71. The van der Waals surface area contributed by atoms with E-state index >= 15 is 0 Å². The summed E-state index contributed by atoms with van der Waals surface area (Å²) in [5.74, 6) is 0. The number of unbranched alkanes of at least 4 members (excludes halogenated alkanes) is 2. The van der Waals surface area contributed by atoms with Crippen molar-refractivity contribution in [1.82, 2.24) is 0 Å². The van der Waals surface area contributed by atoms with Crippen molar-refractivity contribution < 1.29 is 14.2 Å². The van der Waals surface area contributed by atoms with Gasteiger partial charge in [-0.15, -0.1) is 0 Å². The number of ether oxygens (including phenoxy) is 3. The fourth-order valence-electron chi connectivity index (χ4n) is 1.75. The maximum absolute atomic E-state index is 5.38. The molecule has 0 atom stereocenters. The van der Waals surface area contributed by atoms with Gasteiger partial charge in [-0.3, -0.25) is 0 Å². The van der Waals surface area contributed by atoms with E-state index < -0.39 is 0 Å². The molecule has 0 amide bonds. The fraction of sp³-hybridized carbons (Fsp3) is 1.00. The van der Waals surface area contributed by atoms with Crippen molar-refractivity contribution >= 4 is 0 Å². The number of hydrogen-bond acceptors (Lipinski definition) is 3. The molecule has 308 valence electrons. The van der Waals surface area contributed by atoms with E-state index in [0.29, 0.717) is 27.1 Å². The summed E-state index contributed by atoms with van der Waals surface area (Å²) in [6.07, 6.45) is 7.90. The number of hydrogen-bond donors (Lipinski definition) is 0. The third-order valence-corrected chi connectivity index (χ3v) is 6.77. The second kappa shape index (κ2) is 30.4. The van der Waals surface area contributed by atoms with Gasteiger partial charge in [0.25, 0.3) is 0 Å². The van der Waals surface area contributed by atoms with Gasteiger partial charge in [0.2, 0.25) is 0 Å². The molecule has 0 unspecified atom stereocenters. The van der Waals surface area contributed by atoms with Crippen LogP contribution in [0.2, 0.25) is 0 Å². The molecular weight excluding hydrogens is 601 g/mol. The first-order valence-electron chi connectivity index (χ1n) is 19.9. The van der Waals surface area contributed by atoms with Crippen LogP contribution in [-0.4, -0.2) is 37.1 Å². The quantitative estimate of drug-likeness (QED) is 0.257. The zero-order valence-corrected chi connectivity index (χ0v) is 40.9. The summed E-state index contributed by atoms with van der Waals surface area (Å²) in [5.41, 5.74) is 2.61. The Bertz CT molecular complexity index is 602. The summed E-state index contributed by atoms with van der Waals surface area (Å²) < 4.78 is 15.5. The second-order valence-electron chi connectivity index (χ2n) is 22.3. The van der Waals surface area contributed by atoms with E-state index in [4.69, 9.17) is 14.2 Å². The highest BCUT2D eigenvalue weighted by atomic mass is 16.5. The molecule has 0 aromatic heterocycles. The van der Waals surface area contributed by atoms with Crippen LogP contribution < -0.4 is 0 Å². The number of methoxy groups -OCH3 is 1. The Kier molecular flexibility index (Phi) is 39.6. The first-order chi connectivity index (χ1) is 21.1. The smallest absolute Gasteiger partial charge is 0.0598 e. The van der Waals surface area contributed by atoms with Gasteiger partial charge in [-0.2, -0.15) is 0 Å². The highest BCUT2D eigenvalue weighted by Gasteiger charge is 2.26. The molecule has 3 heteroatoms. The molecular formula is C46H106O3. The Balaban J connectivity index is -0.0000000847. The van der Waals surface area contributed by atoms with Crippen molar-refractivity contribution in [2.45, 2.75) is 256 Å². The molecule has 0 saturated heterocycles. The predicted octanol–water partition coefficient (Wildman–Crippen LogP) is 16.7. The van der Waals surface area contributed by atoms with Crippen molar-refractivity contribution in [3.8, 4) is 0 Å². The largest absolute Gasteiger partial charge is 0.379 e. The summed E-state index contributed by atoms with van der Waals surface area (Å²) in [5, 5.41) is 0. The molecule has 0 fully saturated rings. The van der Waals surface area contributed by atoms with Gasteiger partial charge in [0, 0.05) is 20.3 Å². The van der Waals surface area contributed by atoms with Crippen LogP contribution in [0.25, 0.3) is 0 Å². The first-order valence-corrected chi connectivity index (χ1v) is 19.9. The minimum atomic E-state index is 0.0417. The van der Waals surface area contributed by atoms with E-state index in [1.807, 2.05) is 27.7 Å². The van der Waals surface area contributed by atoms with E-state index in [2.05, 4.69) is 173 Å².